The first kappa shape index (κ1) is 14.5. The summed E-state index contributed by atoms with van der Waals surface area (Å²) < 4.78 is 35.0. The van der Waals surface area contributed by atoms with E-state index in [-0.39, 0.29) is 6.54 Å². The molecule has 1 N–H and O–H groups in total. The van der Waals surface area contributed by atoms with Crippen LogP contribution in [0.15, 0.2) is 21.6 Å². The maximum absolute atomic E-state index is 12.3. The molecule has 1 unspecified atom stereocenters. The molecule has 20 heavy (non-hydrogen) atoms. The standard InChI is InChI=1S/C11H13NO7S/c1-18-11(15)7-3-2-6-12(7)20(16,17)9-5-4-8(19-9)10(13)14/h4-5,7H,2-3,6H2,1H3,(H,13,14). The Balaban J connectivity index is 2.33. The fourth-order valence-electron chi connectivity index (χ4n) is 2.09. The summed E-state index contributed by atoms with van der Waals surface area (Å²) in [4.78, 5) is 22.3. The number of esters is 1. The number of hydrogen-bond donors (Lipinski definition) is 1. The van der Waals surface area contributed by atoms with Crippen LogP contribution in [-0.2, 0) is 19.6 Å². The average Bonchev–Trinajstić information content (AvgIpc) is 3.06. The zero-order valence-corrected chi connectivity index (χ0v) is 11.4. The molecule has 1 fully saturated rings. The van der Waals surface area contributed by atoms with Crippen molar-refractivity contribution in [1.82, 2.24) is 4.31 Å². The van der Waals surface area contributed by atoms with E-state index >= 15 is 0 Å². The van der Waals surface area contributed by atoms with Crippen molar-refractivity contribution in [2.24, 2.45) is 0 Å². The van der Waals surface area contributed by atoms with Crippen LogP contribution in [0, 0.1) is 0 Å². The fourth-order valence-corrected chi connectivity index (χ4v) is 3.65. The molecule has 9 heteroatoms. The number of carboxylic acids is 1. The molecule has 1 saturated heterocycles. The fraction of sp³-hybridized carbons (Fsp3) is 0.455. The number of nitrogens with zero attached hydrogens (tertiary/aromatic N) is 1. The summed E-state index contributed by atoms with van der Waals surface area (Å²) in [6.07, 6.45) is 0.879. The summed E-state index contributed by atoms with van der Waals surface area (Å²) in [5, 5.41) is 8.24. The molecule has 0 amide bonds. The van der Waals surface area contributed by atoms with Crippen LogP contribution >= 0.6 is 0 Å². The Morgan fingerprint density at radius 1 is 1.45 bits per heavy atom. The Bertz CT molecular complexity index is 633. The van der Waals surface area contributed by atoms with Crippen LogP contribution in [0.5, 0.6) is 0 Å². The van der Waals surface area contributed by atoms with E-state index in [1.165, 1.54) is 7.11 Å². The van der Waals surface area contributed by atoms with E-state index in [1.54, 1.807) is 0 Å². The van der Waals surface area contributed by atoms with Crippen LogP contribution in [0.1, 0.15) is 23.4 Å². The summed E-state index contributed by atoms with van der Waals surface area (Å²) >= 11 is 0. The first-order chi connectivity index (χ1) is 9.37. The second-order valence-electron chi connectivity index (χ2n) is 4.22. The summed E-state index contributed by atoms with van der Waals surface area (Å²) in [5.74, 6) is -2.48. The molecule has 2 heterocycles. The zero-order valence-electron chi connectivity index (χ0n) is 10.6. The minimum atomic E-state index is -4.05. The van der Waals surface area contributed by atoms with Crippen molar-refractivity contribution < 1.29 is 32.3 Å². The lowest BCUT2D eigenvalue weighted by atomic mass is 10.2. The number of carboxylic acid groups (broad SMARTS) is 1. The molecule has 1 aliphatic heterocycles. The highest BCUT2D eigenvalue weighted by Crippen LogP contribution is 2.27. The van der Waals surface area contributed by atoms with Gasteiger partial charge in [0.2, 0.25) is 10.9 Å². The van der Waals surface area contributed by atoms with E-state index in [0.29, 0.717) is 12.8 Å². The summed E-state index contributed by atoms with van der Waals surface area (Å²) in [6, 6.07) is 1.22. The van der Waals surface area contributed by atoms with Crippen LogP contribution in [0.25, 0.3) is 0 Å². The topological polar surface area (TPSA) is 114 Å². The van der Waals surface area contributed by atoms with Crippen LogP contribution < -0.4 is 0 Å². The van der Waals surface area contributed by atoms with Crippen molar-refractivity contribution in [3.05, 3.63) is 17.9 Å². The Labute approximate surface area is 115 Å². The van der Waals surface area contributed by atoms with Gasteiger partial charge in [0.15, 0.2) is 0 Å². The minimum Gasteiger partial charge on any atom is -0.475 e. The maximum atomic E-state index is 12.3. The van der Waals surface area contributed by atoms with Crippen LogP contribution in [0.3, 0.4) is 0 Å². The second kappa shape index (κ2) is 5.25. The lowest BCUT2D eigenvalue weighted by Gasteiger charge is -2.20. The highest BCUT2D eigenvalue weighted by atomic mass is 32.2. The molecule has 1 aromatic heterocycles. The number of ether oxygens (including phenoxy) is 1. The Hall–Kier alpha value is -1.87. The molecule has 0 aromatic carbocycles. The second-order valence-corrected chi connectivity index (χ2v) is 6.04. The van der Waals surface area contributed by atoms with Crippen LogP contribution in [0.2, 0.25) is 0 Å². The van der Waals surface area contributed by atoms with Gasteiger partial charge in [0.1, 0.15) is 6.04 Å². The van der Waals surface area contributed by atoms with E-state index in [1.807, 2.05) is 0 Å². The molecule has 2 rings (SSSR count). The Morgan fingerprint density at radius 2 is 2.15 bits per heavy atom. The first-order valence-electron chi connectivity index (χ1n) is 5.80. The van der Waals surface area contributed by atoms with Gasteiger partial charge in [-0.2, -0.15) is 4.31 Å². The van der Waals surface area contributed by atoms with E-state index < -0.39 is 38.9 Å². The number of rotatable bonds is 4. The van der Waals surface area contributed by atoms with Crippen molar-refractivity contribution in [3.63, 3.8) is 0 Å². The molecule has 0 spiro atoms. The van der Waals surface area contributed by atoms with Gasteiger partial charge < -0.3 is 14.3 Å². The molecule has 0 aliphatic carbocycles. The lowest BCUT2D eigenvalue weighted by molar-refractivity contribution is -0.144. The number of aromatic carboxylic acids is 1. The van der Waals surface area contributed by atoms with Crippen molar-refractivity contribution in [2.75, 3.05) is 13.7 Å². The highest BCUT2D eigenvalue weighted by molar-refractivity contribution is 7.89. The molecule has 0 saturated carbocycles. The minimum absolute atomic E-state index is 0.158. The van der Waals surface area contributed by atoms with Gasteiger partial charge in [0.25, 0.3) is 10.0 Å². The van der Waals surface area contributed by atoms with Crippen molar-refractivity contribution >= 4 is 22.0 Å². The Morgan fingerprint density at radius 3 is 2.70 bits per heavy atom. The lowest BCUT2D eigenvalue weighted by Crippen LogP contribution is -2.40. The van der Waals surface area contributed by atoms with Gasteiger partial charge in [-0.3, -0.25) is 4.79 Å². The van der Waals surface area contributed by atoms with E-state index in [4.69, 9.17) is 9.52 Å². The number of carbonyl (C=O) groups is 2. The molecule has 1 aliphatic rings. The van der Waals surface area contributed by atoms with Gasteiger partial charge >= 0.3 is 11.9 Å². The Kier molecular flexibility index (Phi) is 3.82. The molecule has 0 radical (unpaired) electrons. The molecule has 8 nitrogen and oxygen atoms in total. The number of sulfonamides is 1. The molecular formula is C11H13NO7S. The number of furan rings is 1. The van der Waals surface area contributed by atoms with E-state index in [0.717, 1.165) is 16.4 Å². The third kappa shape index (κ3) is 2.41. The third-order valence-electron chi connectivity index (χ3n) is 3.03. The molecule has 0 bridgehead atoms. The van der Waals surface area contributed by atoms with Gasteiger partial charge in [-0.25, -0.2) is 13.2 Å². The van der Waals surface area contributed by atoms with Gasteiger partial charge in [0, 0.05) is 6.54 Å². The van der Waals surface area contributed by atoms with E-state index in [2.05, 4.69) is 4.74 Å². The smallest absolute Gasteiger partial charge is 0.371 e. The summed E-state index contributed by atoms with van der Waals surface area (Å²) in [5.41, 5.74) is 0. The molecular weight excluding hydrogens is 290 g/mol. The predicted molar refractivity (Wildman–Crippen MR) is 64.6 cm³/mol. The number of carbonyl (C=O) groups excluding carboxylic acids is 1. The number of methoxy groups -OCH3 is 1. The van der Waals surface area contributed by atoms with Gasteiger partial charge in [-0.05, 0) is 25.0 Å². The van der Waals surface area contributed by atoms with Gasteiger partial charge in [-0.1, -0.05) is 0 Å². The highest BCUT2D eigenvalue weighted by Gasteiger charge is 2.41. The number of hydrogen-bond acceptors (Lipinski definition) is 6. The van der Waals surface area contributed by atoms with Crippen LogP contribution in [0.4, 0.5) is 0 Å². The normalized spacial score (nSPS) is 19.9. The van der Waals surface area contributed by atoms with Crippen molar-refractivity contribution in [2.45, 2.75) is 24.0 Å². The SMILES string of the molecule is COC(=O)C1CCCN1S(=O)(=O)c1ccc(C(=O)O)o1. The van der Waals surface area contributed by atoms with Gasteiger partial charge in [0.05, 0.1) is 7.11 Å². The molecule has 1 atom stereocenters. The largest absolute Gasteiger partial charge is 0.475 e. The molecule has 1 aromatic rings. The predicted octanol–water partition coefficient (Wildman–Crippen LogP) is 0.304. The van der Waals surface area contributed by atoms with Crippen LogP contribution in [-0.4, -0.2) is 49.5 Å². The summed E-state index contributed by atoms with van der Waals surface area (Å²) in [6.45, 7) is 0.158. The van der Waals surface area contributed by atoms with E-state index in [9.17, 15) is 18.0 Å². The monoisotopic (exact) mass is 303 g/mol. The first-order valence-corrected chi connectivity index (χ1v) is 7.24. The molecule has 110 valence electrons. The van der Waals surface area contributed by atoms with Crippen molar-refractivity contribution in [3.8, 4) is 0 Å². The third-order valence-corrected chi connectivity index (χ3v) is 4.81. The van der Waals surface area contributed by atoms with Gasteiger partial charge in [-0.15, -0.1) is 0 Å². The average molecular weight is 303 g/mol. The zero-order chi connectivity index (χ0) is 14.9. The summed E-state index contributed by atoms with van der Waals surface area (Å²) in [7, 11) is -2.87. The quantitative estimate of drug-likeness (QED) is 0.796. The maximum Gasteiger partial charge on any atom is 0.371 e. The van der Waals surface area contributed by atoms with Crippen molar-refractivity contribution in [1.29, 1.82) is 0 Å².